The zero-order valence-corrected chi connectivity index (χ0v) is 12.9. The molecule has 0 saturated heterocycles. The van der Waals surface area contributed by atoms with Crippen LogP contribution in [-0.4, -0.2) is 17.0 Å². The van der Waals surface area contributed by atoms with E-state index in [2.05, 4.69) is 60.8 Å². The van der Waals surface area contributed by atoms with Crippen molar-refractivity contribution in [2.24, 2.45) is 0 Å². The van der Waals surface area contributed by atoms with Gasteiger partial charge in [0.1, 0.15) is 22.4 Å². The van der Waals surface area contributed by atoms with Gasteiger partial charge in [-0.1, -0.05) is 24.3 Å². The fourth-order valence-electron chi connectivity index (χ4n) is 2.71. The summed E-state index contributed by atoms with van der Waals surface area (Å²) in [5.41, 5.74) is 2.82. The third-order valence-electron chi connectivity index (χ3n) is 3.71. The fraction of sp³-hybridized carbons (Fsp3) is 0.333. The molecule has 2 aromatic rings. The first-order chi connectivity index (χ1) is 9.79. The van der Waals surface area contributed by atoms with E-state index in [9.17, 15) is 0 Å². The lowest BCUT2D eigenvalue weighted by atomic mass is 9.88. The van der Waals surface area contributed by atoms with Gasteiger partial charge in [0.05, 0.1) is 6.04 Å². The van der Waals surface area contributed by atoms with Crippen molar-refractivity contribution in [3.8, 4) is 0 Å². The molecule has 3 rings (SSSR count). The maximum atomic E-state index is 4.34. The summed E-state index contributed by atoms with van der Waals surface area (Å²) in [4.78, 5) is 8.53. The molecule has 5 heteroatoms. The van der Waals surface area contributed by atoms with Gasteiger partial charge in [0.25, 0.3) is 0 Å². The van der Waals surface area contributed by atoms with Crippen molar-refractivity contribution in [1.29, 1.82) is 0 Å². The van der Waals surface area contributed by atoms with Crippen LogP contribution >= 0.6 is 15.9 Å². The van der Waals surface area contributed by atoms with Gasteiger partial charge in [0.15, 0.2) is 0 Å². The second kappa shape index (κ2) is 5.79. The Kier molecular flexibility index (Phi) is 3.87. The monoisotopic (exact) mass is 332 g/mol. The predicted octanol–water partition coefficient (Wildman–Crippen LogP) is 3.77. The number of aromatic nitrogens is 2. The summed E-state index contributed by atoms with van der Waals surface area (Å²) in [6.45, 7) is 0. The van der Waals surface area contributed by atoms with Gasteiger partial charge in [-0.25, -0.2) is 9.97 Å². The zero-order chi connectivity index (χ0) is 13.9. The van der Waals surface area contributed by atoms with Gasteiger partial charge in [-0.15, -0.1) is 0 Å². The lowest BCUT2D eigenvalue weighted by molar-refractivity contribution is 0.598. The molecule has 104 valence electrons. The highest BCUT2D eigenvalue weighted by molar-refractivity contribution is 9.10. The molecule has 1 atom stereocenters. The lowest BCUT2D eigenvalue weighted by Gasteiger charge is -2.27. The van der Waals surface area contributed by atoms with Crippen LogP contribution in [0.4, 0.5) is 11.6 Å². The number of hydrogen-bond acceptors (Lipinski definition) is 4. The molecule has 1 aromatic heterocycles. The van der Waals surface area contributed by atoms with Crippen LogP contribution in [0.25, 0.3) is 0 Å². The van der Waals surface area contributed by atoms with Gasteiger partial charge in [0.2, 0.25) is 0 Å². The topological polar surface area (TPSA) is 49.8 Å². The van der Waals surface area contributed by atoms with Gasteiger partial charge < -0.3 is 10.6 Å². The summed E-state index contributed by atoms with van der Waals surface area (Å²) in [7, 11) is 1.85. The molecular weight excluding hydrogens is 316 g/mol. The molecule has 0 spiro atoms. The predicted molar refractivity (Wildman–Crippen MR) is 85.0 cm³/mol. The molecule has 0 radical (unpaired) electrons. The van der Waals surface area contributed by atoms with Crippen molar-refractivity contribution in [1.82, 2.24) is 9.97 Å². The van der Waals surface area contributed by atoms with Crippen LogP contribution in [0, 0.1) is 0 Å². The van der Waals surface area contributed by atoms with Crippen molar-refractivity contribution < 1.29 is 0 Å². The minimum atomic E-state index is 0.316. The molecule has 1 heterocycles. The molecule has 0 saturated carbocycles. The molecule has 1 aromatic carbocycles. The lowest BCUT2D eigenvalue weighted by Crippen LogP contribution is -2.18. The van der Waals surface area contributed by atoms with E-state index in [4.69, 9.17) is 0 Å². The number of benzene rings is 1. The third-order valence-corrected chi connectivity index (χ3v) is 4.46. The number of anilines is 2. The largest absolute Gasteiger partial charge is 0.372 e. The number of nitrogens with zero attached hydrogens (tertiary/aromatic N) is 2. The Balaban J connectivity index is 1.90. The Morgan fingerprint density at radius 3 is 2.85 bits per heavy atom. The minimum absolute atomic E-state index is 0.316. The van der Waals surface area contributed by atoms with Crippen LogP contribution in [0.1, 0.15) is 30.0 Å². The standard InChI is InChI=1S/C15H17BrN4/c1-17-14-13(16)15(19-9-18-14)20-12-8-4-6-10-5-2-3-7-11(10)12/h2-3,5,7,9,12H,4,6,8H2,1H3,(H2,17,18,19,20). The van der Waals surface area contributed by atoms with Gasteiger partial charge in [-0.2, -0.15) is 0 Å². The fourth-order valence-corrected chi connectivity index (χ4v) is 3.23. The highest BCUT2D eigenvalue weighted by Crippen LogP contribution is 2.35. The number of hydrogen-bond donors (Lipinski definition) is 2. The molecule has 1 aliphatic rings. The van der Waals surface area contributed by atoms with Crippen LogP contribution < -0.4 is 10.6 Å². The van der Waals surface area contributed by atoms with Crippen molar-refractivity contribution in [3.63, 3.8) is 0 Å². The Labute approximate surface area is 127 Å². The smallest absolute Gasteiger partial charge is 0.146 e. The average Bonchev–Trinajstić information content (AvgIpc) is 2.50. The van der Waals surface area contributed by atoms with E-state index >= 15 is 0 Å². The number of halogens is 1. The van der Waals surface area contributed by atoms with E-state index in [0.29, 0.717) is 6.04 Å². The van der Waals surface area contributed by atoms with Gasteiger partial charge in [-0.3, -0.25) is 0 Å². The number of fused-ring (bicyclic) bond motifs is 1. The normalized spacial score (nSPS) is 17.4. The molecule has 20 heavy (non-hydrogen) atoms. The average molecular weight is 333 g/mol. The molecule has 4 nitrogen and oxygen atoms in total. The second-order valence-corrected chi connectivity index (χ2v) is 5.72. The number of rotatable bonds is 3. The third kappa shape index (κ3) is 2.50. The molecule has 1 unspecified atom stereocenters. The molecule has 2 N–H and O–H groups in total. The first-order valence-corrected chi connectivity index (χ1v) is 7.61. The molecule has 1 aliphatic carbocycles. The SMILES string of the molecule is CNc1ncnc(NC2CCCc3ccccc32)c1Br. The molecular formula is C15H17BrN4. The Morgan fingerprint density at radius 2 is 2.00 bits per heavy atom. The zero-order valence-electron chi connectivity index (χ0n) is 11.4. The summed E-state index contributed by atoms with van der Waals surface area (Å²) in [6.07, 6.45) is 5.08. The summed E-state index contributed by atoms with van der Waals surface area (Å²) in [6, 6.07) is 8.96. The minimum Gasteiger partial charge on any atom is -0.372 e. The molecule has 0 amide bonds. The Bertz CT molecular complexity index is 615. The van der Waals surface area contributed by atoms with E-state index in [-0.39, 0.29) is 0 Å². The van der Waals surface area contributed by atoms with Gasteiger partial charge in [-0.05, 0) is 46.3 Å². The molecule has 0 aliphatic heterocycles. The number of aryl methyl sites for hydroxylation is 1. The molecule has 0 fully saturated rings. The highest BCUT2D eigenvalue weighted by atomic mass is 79.9. The maximum Gasteiger partial charge on any atom is 0.146 e. The van der Waals surface area contributed by atoms with E-state index in [0.717, 1.165) is 22.5 Å². The van der Waals surface area contributed by atoms with E-state index in [1.54, 1.807) is 6.33 Å². The summed E-state index contributed by atoms with van der Waals surface area (Å²) in [5, 5.41) is 6.60. The second-order valence-electron chi connectivity index (χ2n) is 4.92. The van der Waals surface area contributed by atoms with Crippen LogP contribution in [-0.2, 0) is 6.42 Å². The maximum absolute atomic E-state index is 4.34. The van der Waals surface area contributed by atoms with Crippen molar-refractivity contribution >= 4 is 27.6 Å². The summed E-state index contributed by atoms with van der Waals surface area (Å²) in [5.74, 6) is 1.64. The van der Waals surface area contributed by atoms with Gasteiger partial charge in [0, 0.05) is 7.05 Å². The van der Waals surface area contributed by atoms with Crippen LogP contribution in [0.15, 0.2) is 35.1 Å². The molecule has 0 bridgehead atoms. The first kappa shape index (κ1) is 13.4. The van der Waals surface area contributed by atoms with Crippen molar-refractivity contribution in [3.05, 3.63) is 46.2 Å². The first-order valence-electron chi connectivity index (χ1n) is 6.82. The van der Waals surface area contributed by atoms with Crippen LogP contribution in [0.2, 0.25) is 0 Å². The Hall–Kier alpha value is -1.62. The number of nitrogens with one attached hydrogen (secondary N) is 2. The van der Waals surface area contributed by atoms with E-state index in [1.165, 1.54) is 24.0 Å². The van der Waals surface area contributed by atoms with Crippen molar-refractivity contribution in [2.75, 3.05) is 17.7 Å². The van der Waals surface area contributed by atoms with Gasteiger partial charge >= 0.3 is 0 Å². The summed E-state index contributed by atoms with van der Waals surface area (Å²) < 4.78 is 0.880. The van der Waals surface area contributed by atoms with E-state index < -0.39 is 0 Å². The van der Waals surface area contributed by atoms with Crippen LogP contribution in [0.3, 0.4) is 0 Å². The van der Waals surface area contributed by atoms with Crippen molar-refractivity contribution in [2.45, 2.75) is 25.3 Å². The quantitative estimate of drug-likeness (QED) is 0.898. The highest BCUT2D eigenvalue weighted by Gasteiger charge is 2.21. The Morgan fingerprint density at radius 1 is 1.20 bits per heavy atom. The van der Waals surface area contributed by atoms with Crippen LogP contribution in [0.5, 0.6) is 0 Å². The summed E-state index contributed by atoms with van der Waals surface area (Å²) >= 11 is 3.56. The van der Waals surface area contributed by atoms with E-state index in [1.807, 2.05) is 7.05 Å².